The molecule has 0 bridgehead atoms. The smallest absolute Gasteiger partial charge is 0.248 e. The number of primary amides is 1. The topological polar surface area (TPSA) is 79.5 Å². The SMILES string of the molecule is CCNC(=NCc1cccc(C(N)=O)c1)NCc1ccc(Cl)cc1Cl. The zero-order valence-corrected chi connectivity index (χ0v) is 15.4. The maximum absolute atomic E-state index is 11.2. The fourth-order valence-electron chi connectivity index (χ4n) is 2.18. The minimum atomic E-state index is -0.451. The Labute approximate surface area is 157 Å². The summed E-state index contributed by atoms with van der Waals surface area (Å²) in [4.78, 5) is 15.8. The van der Waals surface area contributed by atoms with Gasteiger partial charge in [-0.1, -0.05) is 41.4 Å². The number of nitrogens with zero attached hydrogens (tertiary/aromatic N) is 1. The predicted octanol–water partition coefficient (Wildman–Crippen LogP) is 3.35. The molecule has 2 aromatic carbocycles. The quantitative estimate of drug-likeness (QED) is 0.532. The number of amides is 1. The second kappa shape index (κ2) is 9.30. The number of carbonyl (C=O) groups excluding carboxylic acids is 1. The molecule has 2 aromatic rings. The molecule has 0 radical (unpaired) electrons. The maximum Gasteiger partial charge on any atom is 0.248 e. The number of benzene rings is 2. The van der Waals surface area contributed by atoms with Crippen LogP contribution in [0.4, 0.5) is 0 Å². The van der Waals surface area contributed by atoms with Crippen LogP contribution in [0.1, 0.15) is 28.4 Å². The number of aliphatic imine (C=N–C) groups is 1. The number of nitrogens with two attached hydrogens (primary N) is 1. The summed E-state index contributed by atoms with van der Waals surface area (Å²) in [5.74, 6) is 0.200. The van der Waals surface area contributed by atoms with Crippen LogP contribution in [0.2, 0.25) is 10.0 Å². The molecule has 0 aliphatic carbocycles. The van der Waals surface area contributed by atoms with Crippen molar-refractivity contribution in [2.24, 2.45) is 10.7 Å². The molecule has 0 saturated heterocycles. The lowest BCUT2D eigenvalue weighted by Crippen LogP contribution is -2.36. The Hall–Kier alpha value is -2.24. The molecule has 2 rings (SSSR count). The van der Waals surface area contributed by atoms with Crippen molar-refractivity contribution in [2.75, 3.05) is 6.54 Å². The molecular formula is C18H20Cl2N4O. The minimum absolute atomic E-state index is 0.421. The third-order valence-corrected chi connectivity index (χ3v) is 4.02. The van der Waals surface area contributed by atoms with Gasteiger partial charge < -0.3 is 16.4 Å². The summed E-state index contributed by atoms with van der Waals surface area (Å²) < 4.78 is 0. The Balaban J connectivity index is 2.05. The number of hydrogen-bond donors (Lipinski definition) is 3. The molecular weight excluding hydrogens is 359 g/mol. The van der Waals surface area contributed by atoms with Crippen molar-refractivity contribution in [3.8, 4) is 0 Å². The van der Waals surface area contributed by atoms with E-state index < -0.39 is 5.91 Å². The van der Waals surface area contributed by atoms with E-state index in [1.54, 1.807) is 30.3 Å². The average Bonchev–Trinajstić information content (AvgIpc) is 2.59. The van der Waals surface area contributed by atoms with Gasteiger partial charge in [-0.25, -0.2) is 4.99 Å². The summed E-state index contributed by atoms with van der Waals surface area (Å²) in [5, 5.41) is 7.60. The average molecular weight is 379 g/mol. The van der Waals surface area contributed by atoms with E-state index in [2.05, 4.69) is 15.6 Å². The predicted molar refractivity (Wildman–Crippen MR) is 103 cm³/mol. The summed E-state index contributed by atoms with van der Waals surface area (Å²) in [6.45, 7) is 3.65. The molecule has 0 aliphatic heterocycles. The Bertz CT molecular complexity index is 777. The molecule has 0 fully saturated rings. The van der Waals surface area contributed by atoms with Crippen molar-refractivity contribution in [3.63, 3.8) is 0 Å². The molecule has 5 nitrogen and oxygen atoms in total. The molecule has 0 spiro atoms. The normalized spacial score (nSPS) is 11.2. The number of nitrogens with one attached hydrogen (secondary N) is 2. The first-order valence-corrected chi connectivity index (χ1v) is 8.60. The van der Waals surface area contributed by atoms with Crippen LogP contribution < -0.4 is 16.4 Å². The van der Waals surface area contributed by atoms with Gasteiger partial charge in [0.15, 0.2) is 5.96 Å². The van der Waals surface area contributed by atoms with E-state index in [1.165, 1.54) is 0 Å². The van der Waals surface area contributed by atoms with Crippen LogP contribution >= 0.6 is 23.2 Å². The lowest BCUT2D eigenvalue weighted by atomic mass is 10.1. The molecule has 25 heavy (non-hydrogen) atoms. The summed E-state index contributed by atoms with van der Waals surface area (Å²) in [6.07, 6.45) is 0. The van der Waals surface area contributed by atoms with E-state index in [-0.39, 0.29) is 0 Å². The first kappa shape index (κ1) is 19.1. The first-order chi connectivity index (χ1) is 12.0. The molecule has 0 aromatic heterocycles. The lowest BCUT2D eigenvalue weighted by Gasteiger charge is -2.12. The van der Waals surface area contributed by atoms with Crippen LogP contribution in [0.15, 0.2) is 47.5 Å². The maximum atomic E-state index is 11.2. The second-order valence-corrected chi connectivity index (χ2v) is 6.19. The summed E-state index contributed by atoms with van der Waals surface area (Å²) in [6, 6.07) is 12.5. The Morgan fingerprint density at radius 3 is 2.64 bits per heavy atom. The molecule has 0 atom stereocenters. The highest BCUT2D eigenvalue weighted by Gasteiger charge is 2.04. The van der Waals surface area contributed by atoms with Crippen LogP contribution in [-0.4, -0.2) is 18.4 Å². The van der Waals surface area contributed by atoms with E-state index in [4.69, 9.17) is 28.9 Å². The zero-order chi connectivity index (χ0) is 18.2. The molecule has 1 amide bonds. The van der Waals surface area contributed by atoms with Crippen LogP contribution in [0, 0.1) is 0 Å². The van der Waals surface area contributed by atoms with E-state index in [0.29, 0.717) is 34.7 Å². The molecule has 132 valence electrons. The Kier molecular flexibility index (Phi) is 7.10. The minimum Gasteiger partial charge on any atom is -0.366 e. The van der Waals surface area contributed by atoms with E-state index >= 15 is 0 Å². The van der Waals surface area contributed by atoms with Gasteiger partial charge >= 0.3 is 0 Å². The van der Waals surface area contributed by atoms with Gasteiger partial charge in [0, 0.05) is 28.7 Å². The monoisotopic (exact) mass is 378 g/mol. The standard InChI is InChI=1S/C18H20Cl2N4O/c1-2-22-18(24-11-14-6-7-15(19)9-16(14)20)23-10-12-4-3-5-13(8-12)17(21)25/h3-9H,2,10-11H2,1H3,(H2,21,25)(H2,22,23,24). The molecule has 0 unspecified atom stereocenters. The van der Waals surface area contributed by atoms with Crippen LogP contribution in [0.25, 0.3) is 0 Å². The van der Waals surface area contributed by atoms with Crippen molar-refractivity contribution in [1.29, 1.82) is 0 Å². The van der Waals surface area contributed by atoms with Gasteiger partial charge in [-0.15, -0.1) is 0 Å². The van der Waals surface area contributed by atoms with Gasteiger partial charge in [0.05, 0.1) is 6.54 Å². The first-order valence-electron chi connectivity index (χ1n) is 7.84. The van der Waals surface area contributed by atoms with Crippen LogP contribution in [0.3, 0.4) is 0 Å². The number of rotatable bonds is 6. The number of hydrogen-bond acceptors (Lipinski definition) is 2. The number of halogens is 2. The third kappa shape index (κ3) is 5.96. The van der Waals surface area contributed by atoms with Crippen LogP contribution in [-0.2, 0) is 13.1 Å². The largest absolute Gasteiger partial charge is 0.366 e. The molecule has 7 heteroatoms. The number of guanidine groups is 1. The van der Waals surface area contributed by atoms with Crippen LogP contribution in [0.5, 0.6) is 0 Å². The van der Waals surface area contributed by atoms with Gasteiger partial charge in [-0.05, 0) is 42.3 Å². The fraction of sp³-hybridized carbons (Fsp3) is 0.222. The van der Waals surface area contributed by atoms with Crippen molar-refractivity contribution in [2.45, 2.75) is 20.0 Å². The lowest BCUT2D eigenvalue weighted by molar-refractivity contribution is 0.1000. The van der Waals surface area contributed by atoms with Crippen molar-refractivity contribution >= 4 is 35.1 Å². The summed E-state index contributed by atoms with van der Waals surface area (Å²) in [7, 11) is 0. The molecule has 4 N–H and O–H groups in total. The van der Waals surface area contributed by atoms with Gasteiger partial charge in [0.25, 0.3) is 0 Å². The van der Waals surface area contributed by atoms with E-state index in [1.807, 2.05) is 19.1 Å². The molecule has 0 aliphatic rings. The van der Waals surface area contributed by atoms with Gasteiger partial charge in [0.2, 0.25) is 5.91 Å². The zero-order valence-electron chi connectivity index (χ0n) is 13.9. The highest BCUT2D eigenvalue weighted by Crippen LogP contribution is 2.20. The third-order valence-electron chi connectivity index (χ3n) is 3.44. The highest BCUT2D eigenvalue weighted by atomic mass is 35.5. The summed E-state index contributed by atoms with van der Waals surface area (Å²) in [5.41, 5.74) is 7.60. The van der Waals surface area contributed by atoms with Crippen molar-refractivity contribution in [1.82, 2.24) is 10.6 Å². The molecule has 0 heterocycles. The van der Waals surface area contributed by atoms with E-state index in [9.17, 15) is 4.79 Å². The van der Waals surface area contributed by atoms with Crippen molar-refractivity contribution in [3.05, 3.63) is 69.2 Å². The van der Waals surface area contributed by atoms with Gasteiger partial charge in [0.1, 0.15) is 0 Å². The Morgan fingerprint density at radius 2 is 1.96 bits per heavy atom. The fourth-order valence-corrected chi connectivity index (χ4v) is 2.65. The van der Waals surface area contributed by atoms with E-state index in [0.717, 1.165) is 17.7 Å². The second-order valence-electron chi connectivity index (χ2n) is 5.35. The highest BCUT2D eigenvalue weighted by molar-refractivity contribution is 6.35. The van der Waals surface area contributed by atoms with Gasteiger partial charge in [-0.3, -0.25) is 4.79 Å². The van der Waals surface area contributed by atoms with Crippen molar-refractivity contribution < 1.29 is 4.79 Å². The van der Waals surface area contributed by atoms with Gasteiger partial charge in [-0.2, -0.15) is 0 Å². The number of carbonyl (C=O) groups is 1. The summed E-state index contributed by atoms with van der Waals surface area (Å²) >= 11 is 12.1. The Morgan fingerprint density at radius 1 is 1.16 bits per heavy atom. The molecule has 0 saturated carbocycles.